The number of carbonyl (C=O) groups is 2. The largest absolute Gasteiger partial charge is 0.356 e. The minimum absolute atomic E-state index is 0.122. The molecular formula is C24H20N4O5S. The molecule has 10 heteroatoms. The SMILES string of the molecule is Cc1ccc2onc(CC(=O)N3c4ccc(S(N)(=O)=O)cc4NC(=O)C3c3ccccc3)c2c1. The summed E-state index contributed by atoms with van der Waals surface area (Å²) in [6, 6.07) is 17.5. The predicted octanol–water partition coefficient (Wildman–Crippen LogP) is 3.05. The van der Waals surface area contributed by atoms with Crippen LogP contribution in [0.25, 0.3) is 11.0 Å². The lowest BCUT2D eigenvalue weighted by molar-refractivity contribution is -0.123. The molecule has 1 unspecified atom stereocenters. The Hall–Kier alpha value is -4.02. The summed E-state index contributed by atoms with van der Waals surface area (Å²) in [5, 5.41) is 12.8. The van der Waals surface area contributed by atoms with Crippen LogP contribution < -0.4 is 15.4 Å². The second-order valence-electron chi connectivity index (χ2n) is 8.10. The molecule has 3 N–H and O–H groups in total. The number of amides is 2. The average molecular weight is 477 g/mol. The maximum absolute atomic E-state index is 13.7. The fourth-order valence-corrected chi connectivity index (χ4v) is 4.67. The summed E-state index contributed by atoms with van der Waals surface area (Å²) in [5.74, 6) is -0.871. The molecule has 0 saturated heterocycles. The van der Waals surface area contributed by atoms with Gasteiger partial charge in [-0.2, -0.15) is 0 Å². The van der Waals surface area contributed by atoms with Gasteiger partial charge in [-0.05, 0) is 42.8 Å². The van der Waals surface area contributed by atoms with E-state index >= 15 is 0 Å². The van der Waals surface area contributed by atoms with Gasteiger partial charge in [0.1, 0.15) is 11.7 Å². The zero-order valence-corrected chi connectivity index (χ0v) is 18.9. The number of aromatic nitrogens is 1. The molecule has 0 bridgehead atoms. The van der Waals surface area contributed by atoms with Crippen molar-refractivity contribution in [1.29, 1.82) is 0 Å². The smallest absolute Gasteiger partial charge is 0.252 e. The predicted molar refractivity (Wildman–Crippen MR) is 126 cm³/mol. The molecule has 2 heterocycles. The molecule has 0 fully saturated rings. The Balaban J connectivity index is 1.61. The first kappa shape index (κ1) is 21.8. The molecule has 172 valence electrons. The molecule has 4 aromatic rings. The normalized spacial score (nSPS) is 15.8. The lowest BCUT2D eigenvalue weighted by atomic mass is 9.99. The van der Waals surface area contributed by atoms with Crippen LogP contribution in [-0.2, 0) is 26.0 Å². The molecule has 0 saturated carbocycles. The Morgan fingerprint density at radius 3 is 2.62 bits per heavy atom. The summed E-state index contributed by atoms with van der Waals surface area (Å²) in [7, 11) is -4.00. The number of aryl methyl sites for hydroxylation is 1. The Kier molecular flexibility index (Phi) is 5.18. The van der Waals surface area contributed by atoms with Crippen LogP contribution in [0.15, 0.2) is 76.1 Å². The Morgan fingerprint density at radius 2 is 1.88 bits per heavy atom. The quantitative estimate of drug-likeness (QED) is 0.465. The Morgan fingerprint density at radius 1 is 1.12 bits per heavy atom. The third kappa shape index (κ3) is 3.82. The van der Waals surface area contributed by atoms with Gasteiger partial charge in [-0.1, -0.05) is 47.1 Å². The number of primary sulfonamides is 1. The molecule has 1 aromatic heterocycles. The van der Waals surface area contributed by atoms with Gasteiger partial charge in [0, 0.05) is 5.39 Å². The van der Waals surface area contributed by atoms with Gasteiger partial charge in [0.2, 0.25) is 15.9 Å². The number of rotatable bonds is 4. The van der Waals surface area contributed by atoms with Crippen LogP contribution in [0.4, 0.5) is 11.4 Å². The summed E-state index contributed by atoms with van der Waals surface area (Å²) in [4.78, 5) is 28.1. The highest BCUT2D eigenvalue weighted by molar-refractivity contribution is 7.89. The van der Waals surface area contributed by atoms with Crippen molar-refractivity contribution in [2.24, 2.45) is 5.14 Å². The number of hydrogen-bond acceptors (Lipinski definition) is 6. The molecule has 9 nitrogen and oxygen atoms in total. The van der Waals surface area contributed by atoms with Crippen molar-refractivity contribution in [3.8, 4) is 0 Å². The van der Waals surface area contributed by atoms with Crippen LogP contribution in [-0.4, -0.2) is 25.4 Å². The van der Waals surface area contributed by atoms with Gasteiger partial charge in [0.05, 0.1) is 22.7 Å². The van der Waals surface area contributed by atoms with E-state index in [1.165, 1.54) is 23.1 Å². The lowest BCUT2D eigenvalue weighted by Gasteiger charge is -2.36. The molecular weight excluding hydrogens is 456 g/mol. The summed E-state index contributed by atoms with van der Waals surface area (Å²) in [6.45, 7) is 1.93. The lowest BCUT2D eigenvalue weighted by Crippen LogP contribution is -2.46. The highest BCUT2D eigenvalue weighted by atomic mass is 32.2. The van der Waals surface area contributed by atoms with Crippen LogP contribution in [0.1, 0.15) is 22.9 Å². The fraction of sp³-hybridized carbons (Fsp3) is 0.125. The second-order valence-corrected chi connectivity index (χ2v) is 9.66. The van der Waals surface area contributed by atoms with E-state index in [-0.39, 0.29) is 17.0 Å². The third-order valence-electron chi connectivity index (χ3n) is 5.72. The first-order valence-corrected chi connectivity index (χ1v) is 12.0. The van der Waals surface area contributed by atoms with E-state index in [4.69, 9.17) is 9.66 Å². The van der Waals surface area contributed by atoms with Gasteiger partial charge in [-0.15, -0.1) is 0 Å². The molecule has 1 atom stereocenters. The molecule has 0 spiro atoms. The van der Waals surface area contributed by atoms with Crippen LogP contribution in [0.5, 0.6) is 0 Å². The van der Waals surface area contributed by atoms with E-state index in [1.807, 2.05) is 25.1 Å². The number of sulfonamides is 1. The molecule has 34 heavy (non-hydrogen) atoms. The number of nitrogens with zero attached hydrogens (tertiary/aromatic N) is 2. The number of anilines is 2. The summed E-state index contributed by atoms with van der Waals surface area (Å²) in [6.07, 6.45) is -0.122. The monoisotopic (exact) mass is 476 g/mol. The maximum atomic E-state index is 13.7. The van der Waals surface area contributed by atoms with E-state index in [1.54, 1.807) is 30.3 Å². The standard InChI is InChI=1S/C24H20N4O5S/c1-14-7-10-21-17(11-14)18(27-33-21)13-22(29)28-20-9-8-16(34(25,31)32)12-19(20)26-24(30)23(28)15-5-3-2-4-6-15/h2-12,23H,13H2,1H3,(H,26,30)(H2,25,31,32). The molecule has 0 aliphatic carbocycles. The number of carbonyl (C=O) groups excluding carboxylic acids is 2. The zero-order valence-electron chi connectivity index (χ0n) is 18.1. The molecule has 1 aliphatic heterocycles. The van der Waals surface area contributed by atoms with Crippen molar-refractivity contribution in [2.45, 2.75) is 24.3 Å². The van der Waals surface area contributed by atoms with Gasteiger partial charge in [-0.25, -0.2) is 13.6 Å². The van der Waals surface area contributed by atoms with E-state index in [2.05, 4.69) is 10.5 Å². The zero-order chi connectivity index (χ0) is 24.0. The summed E-state index contributed by atoms with van der Waals surface area (Å²) < 4.78 is 29.0. The van der Waals surface area contributed by atoms with Crippen molar-refractivity contribution in [1.82, 2.24) is 5.16 Å². The highest BCUT2D eigenvalue weighted by Crippen LogP contribution is 2.40. The van der Waals surface area contributed by atoms with Gasteiger partial charge in [-0.3, -0.25) is 14.5 Å². The number of benzene rings is 3. The van der Waals surface area contributed by atoms with Crippen molar-refractivity contribution in [2.75, 3.05) is 10.2 Å². The van der Waals surface area contributed by atoms with Crippen molar-refractivity contribution in [3.05, 3.63) is 83.6 Å². The number of nitrogens with one attached hydrogen (secondary N) is 1. The molecule has 2 amide bonds. The van der Waals surface area contributed by atoms with Crippen molar-refractivity contribution >= 4 is 44.2 Å². The summed E-state index contributed by atoms with van der Waals surface area (Å²) >= 11 is 0. The van der Waals surface area contributed by atoms with Gasteiger partial charge in [0.15, 0.2) is 5.58 Å². The topological polar surface area (TPSA) is 136 Å². The van der Waals surface area contributed by atoms with E-state index in [9.17, 15) is 18.0 Å². The van der Waals surface area contributed by atoms with Crippen molar-refractivity contribution < 1.29 is 22.5 Å². The van der Waals surface area contributed by atoms with Gasteiger partial charge in [0.25, 0.3) is 5.91 Å². The van der Waals surface area contributed by atoms with Gasteiger partial charge >= 0.3 is 0 Å². The average Bonchev–Trinajstić information content (AvgIpc) is 3.19. The minimum atomic E-state index is -4.00. The summed E-state index contributed by atoms with van der Waals surface area (Å²) in [5.41, 5.74) is 3.14. The third-order valence-corrected chi connectivity index (χ3v) is 6.63. The van der Waals surface area contributed by atoms with Crippen molar-refractivity contribution in [3.63, 3.8) is 0 Å². The maximum Gasteiger partial charge on any atom is 0.252 e. The number of fused-ring (bicyclic) bond motifs is 2. The fourth-order valence-electron chi connectivity index (χ4n) is 4.13. The molecule has 1 aliphatic rings. The van der Waals surface area contributed by atoms with Crippen LogP contribution in [0, 0.1) is 6.92 Å². The van der Waals surface area contributed by atoms with Crippen LogP contribution in [0.3, 0.4) is 0 Å². The molecule has 3 aromatic carbocycles. The Labute approximate surface area is 195 Å². The number of hydrogen-bond donors (Lipinski definition) is 2. The van der Waals surface area contributed by atoms with E-state index in [0.29, 0.717) is 22.5 Å². The minimum Gasteiger partial charge on any atom is -0.356 e. The van der Waals surface area contributed by atoms with Crippen LogP contribution >= 0.6 is 0 Å². The van der Waals surface area contributed by atoms with Gasteiger partial charge < -0.3 is 9.84 Å². The number of nitrogens with two attached hydrogens (primary N) is 1. The van der Waals surface area contributed by atoms with Crippen LogP contribution in [0.2, 0.25) is 0 Å². The Bertz CT molecular complexity index is 1550. The second kappa shape index (κ2) is 8.08. The molecule has 5 rings (SSSR count). The first-order valence-electron chi connectivity index (χ1n) is 10.4. The van der Waals surface area contributed by atoms with E-state index < -0.39 is 27.9 Å². The molecule has 0 radical (unpaired) electrons. The highest BCUT2D eigenvalue weighted by Gasteiger charge is 2.38. The first-order chi connectivity index (χ1) is 16.2. The van der Waals surface area contributed by atoms with E-state index in [0.717, 1.165) is 10.9 Å².